The van der Waals surface area contributed by atoms with Gasteiger partial charge < -0.3 is 18.9 Å². The number of allylic oxidation sites excluding steroid dienone is 2. The molecule has 0 aromatic heterocycles. The smallest absolute Gasteiger partial charge is 0.313 e. The Bertz CT molecular complexity index is 1190. The monoisotopic (exact) mass is 536 g/mol. The summed E-state index contributed by atoms with van der Waals surface area (Å²) >= 11 is 0. The Labute approximate surface area is 233 Å². The first-order chi connectivity index (χ1) is 18.9. The highest BCUT2D eigenvalue weighted by molar-refractivity contribution is 6.08. The van der Waals surface area contributed by atoms with E-state index in [0.29, 0.717) is 24.5 Å². The molecule has 0 saturated heterocycles. The first-order valence-corrected chi connectivity index (χ1v) is 14.2. The lowest BCUT2D eigenvalue weighted by Gasteiger charge is -2.21. The van der Waals surface area contributed by atoms with E-state index < -0.39 is 0 Å². The van der Waals surface area contributed by atoms with Crippen LogP contribution in [0.5, 0.6) is 5.75 Å². The summed E-state index contributed by atoms with van der Waals surface area (Å²) in [5.74, 6) is 1.32. The Morgan fingerprint density at radius 2 is 1.46 bits per heavy atom. The third kappa shape index (κ3) is 8.35. The van der Waals surface area contributed by atoms with E-state index in [2.05, 4.69) is 6.07 Å². The highest BCUT2D eigenvalue weighted by atomic mass is 16.5. The van der Waals surface area contributed by atoms with Crippen LogP contribution in [0, 0.1) is 0 Å². The lowest BCUT2D eigenvalue weighted by molar-refractivity contribution is -0.145. The number of hydrogen-bond donors (Lipinski definition) is 0. The van der Waals surface area contributed by atoms with Crippen LogP contribution in [-0.4, -0.2) is 39.7 Å². The number of carbonyl (C=O) groups excluding carboxylic acids is 2. The van der Waals surface area contributed by atoms with Gasteiger partial charge in [-0.2, -0.15) is 0 Å². The van der Waals surface area contributed by atoms with Crippen molar-refractivity contribution in [2.24, 2.45) is 0 Å². The molecule has 3 rings (SSSR count). The van der Waals surface area contributed by atoms with Crippen LogP contribution >= 0.6 is 0 Å². The topological polar surface area (TPSA) is 71.1 Å². The van der Waals surface area contributed by atoms with Crippen molar-refractivity contribution in [3.8, 4) is 5.75 Å². The number of rotatable bonds is 16. The Balaban J connectivity index is 1.25. The van der Waals surface area contributed by atoms with Crippen LogP contribution in [0.2, 0.25) is 0 Å². The molecule has 0 fully saturated rings. The minimum atomic E-state index is -0.293. The Morgan fingerprint density at radius 1 is 0.821 bits per heavy atom. The minimum absolute atomic E-state index is 0.0218. The van der Waals surface area contributed by atoms with E-state index in [-0.39, 0.29) is 17.7 Å². The molecule has 0 saturated carbocycles. The van der Waals surface area contributed by atoms with Gasteiger partial charge in [0.1, 0.15) is 11.5 Å². The molecule has 0 heterocycles. The number of unbranched alkanes of at least 4 members (excludes halogenated alkanes) is 7. The van der Waals surface area contributed by atoms with E-state index in [9.17, 15) is 9.59 Å². The molecule has 0 radical (unpaired) electrons. The van der Waals surface area contributed by atoms with Gasteiger partial charge in [-0.1, -0.05) is 68.4 Å². The predicted octanol–water partition coefficient (Wildman–Crippen LogP) is 7.80. The van der Waals surface area contributed by atoms with Gasteiger partial charge in [0.2, 0.25) is 11.5 Å². The zero-order chi connectivity index (χ0) is 28.2. The molecule has 6 nitrogen and oxygen atoms in total. The summed E-state index contributed by atoms with van der Waals surface area (Å²) in [6.45, 7) is 4.39. The summed E-state index contributed by atoms with van der Waals surface area (Å²) in [6, 6.07) is 12.0. The van der Waals surface area contributed by atoms with Crippen molar-refractivity contribution in [3.05, 3.63) is 64.6 Å². The van der Waals surface area contributed by atoms with Gasteiger partial charge in [0.15, 0.2) is 0 Å². The van der Waals surface area contributed by atoms with Crippen LogP contribution < -0.4 is 4.74 Å². The number of esters is 1. The molecule has 39 heavy (non-hydrogen) atoms. The maximum atomic E-state index is 12.7. The second kappa shape index (κ2) is 15.3. The predicted molar refractivity (Wildman–Crippen MR) is 155 cm³/mol. The van der Waals surface area contributed by atoms with Crippen molar-refractivity contribution >= 4 is 22.5 Å². The number of ketones is 1. The van der Waals surface area contributed by atoms with Gasteiger partial charge >= 0.3 is 5.97 Å². The normalized spacial score (nSPS) is 14.5. The maximum absolute atomic E-state index is 12.7. The second-order valence-corrected chi connectivity index (χ2v) is 10.4. The van der Waals surface area contributed by atoms with Crippen molar-refractivity contribution in [2.75, 3.05) is 27.9 Å². The van der Waals surface area contributed by atoms with E-state index in [1.54, 1.807) is 14.2 Å². The molecular formula is C33H44O6. The Kier molecular flexibility index (Phi) is 11.9. The van der Waals surface area contributed by atoms with E-state index in [0.717, 1.165) is 71.8 Å². The third-order valence-electron chi connectivity index (χ3n) is 7.62. The SMILES string of the molecule is COC1=C(OC)C(=O)C(CCCCCCCCCCOC(=O)C(C)c2ccc3cc(OC)ccc3c2)=C(C)C1. The largest absolute Gasteiger partial charge is 0.497 e. The van der Waals surface area contributed by atoms with E-state index in [4.69, 9.17) is 18.9 Å². The van der Waals surface area contributed by atoms with Crippen LogP contribution in [0.15, 0.2) is 59.1 Å². The Morgan fingerprint density at radius 3 is 2.13 bits per heavy atom. The van der Waals surface area contributed by atoms with E-state index in [1.165, 1.54) is 26.4 Å². The first-order valence-electron chi connectivity index (χ1n) is 14.2. The van der Waals surface area contributed by atoms with Crippen molar-refractivity contribution in [1.82, 2.24) is 0 Å². The van der Waals surface area contributed by atoms with Gasteiger partial charge in [-0.3, -0.25) is 9.59 Å². The standard InChI is InChI=1S/C33H44O6/c1-23-20-30(37-4)32(38-5)31(34)29(23)14-12-10-8-6-7-9-11-13-19-39-33(35)24(2)25-15-16-27-22-28(36-3)18-17-26(27)21-25/h15-18,21-22,24H,6-14,19-20H2,1-5H3. The van der Waals surface area contributed by atoms with Gasteiger partial charge in [-0.15, -0.1) is 0 Å². The highest BCUT2D eigenvalue weighted by Crippen LogP contribution is 2.31. The van der Waals surface area contributed by atoms with Crippen LogP contribution in [0.4, 0.5) is 0 Å². The molecule has 1 atom stereocenters. The summed E-state index contributed by atoms with van der Waals surface area (Å²) in [5.41, 5.74) is 2.94. The zero-order valence-corrected chi connectivity index (χ0v) is 24.3. The fourth-order valence-corrected chi connectivity index (χ4v) is 5.12. The van der Waals surface area contributed by atoms with Crippen LogP contribution in [0.3, 0.4) is 0 Å². The number of benzene rings is 2. The molecule has 2 aromatic rings. The molecular weight excluding hydrogens is 492 g/mol. The fourth-order valence-electron chi connectivity index (χ4n) is 5.12. The minimum Gasteiger partial charge on any atom is -0.497 e. The first kappa shape index (κ1) is 30.3. The number of methoxy groups -OCH3 is 3. The van der Waals surface area contributed by atoms with Gasteiger partial charge in [-0.25, -0.2) is 0 Å². The molecule has 1 aliphatic rings. The molecule has 0 spiro atoms. The van der Waals surface area contributed by atoms with Crippen molar-refractivity contribution in [3.63, 3.8) is 0 Å². The van der Waals surface area contributed by atoms with Gasteiger partial charge in [-0.05, 0) is 61.6 Å². The summed E-state index contributed by atoms with van der Waals surface area (Å²) in [4.78, 5) is 25.2. The fraction of sp³-hybridized carbons (Fsp3) is 0.515. The van der Waals surface area contributed by atoms with Gasteiger partial charge in [0, 0.05) is 12.0 Å². The third-order valence-corrected chi connectivity index (χ3v) is 7.62. The lowest BCUT2D eigenvalue weighted by Crippen LogP contribution is -2.18. The zero-order valence-electron chi connectivity index (χ0n) is 24.3. The molecule has 0 amide bonds. The summed E-state index contributed by atoms with van der Waals surface area (Å²) in [6.07, 6.45) is 10.2. The van der Waals surface area contributed by atoms with Crippen LogP contribution in [0.1, 0.15) is 89.5 Å². The van der Waals surface area contributed by atoms with Crippen molar-refractivity contribution in [2.45, 2.75) is 84.0 Å². The quantitative estimate of drug-likeness (QED) is 0.161. The molecule has 0 N–H and O–H groups in total. The molecule has 0 aliphatic heterocycles. The molecule has 0 bridgehead atoms. The number of fused-ring (bicyclic) bond motifs is 1. The van der Waals surface area contributed by atoms with E-state index in [1.807, 2.05) is 44.2 Å². The van der Waals surface area contributed by atoms with Crippen LogP contribution in [-0.2, 0) is 23.8 Å². The Hall–Kier alpha value is -3.28. The lowest BCUT2D eigenvalue weighted by atomic mass is 9.90. The summed E-state index contributed by atoms with van der Waals surface area (Å²) in [5, 5.41) is 2.17. The molecule has 1 aliphatic carbocycles. The van der Waals surface area contributed by atoms with Crippen molar-refractivity contribution in [1.29, 1.82) is 0 Å². The number of hydrogen-bond acceptors (Lipinski definition) is 6. The summed E-state index contributed by atoms with van der Waals surface area (Å²) < 4.78 is 21.5. The number of ether oxygens (including phenoxy) is 4. The maximum Gasteiger partial charge on any atom is 0.313 e. The number of carbonyl (C=O) groups is 2. The van der Waals surface area contributed by atoms with Crippen LogP contribution in [0.25, 0.3) is 10.8 Å². The van der Waals surface area contributed by atoms with Gasteiger partial charge in [0.25, 0.3) is 0 Å². The summed E-state index contributed by atoms with van der Waals surface area (Å²) in [7, 11) is 4.77. The number of Topliss-reactive ketones (excluding diaryl/α,β-unsaturated/α-hetero) is 1. The average molecular weight is 537 g/mol. The molecule has 212 valence electrons. The highest BCUT2D eigenvalue weighted by Gasteiger charge is 2.28. The van der Waals surface area contributed by atoms with E-state index >= 15 is 0 Å². The molecule has 2 aromatic carbocycles. The molecule has 1 unspecified atom stereocenters. The second-order valence-electron chi connectivity index (χ2n) is 10.4. The molecule has 6 heteroatoms. The average Bonchev–Trinajstić information content (AvgIpc) is 2.95. The van der Waals surface area contributed by atoms with Gasteiger partial charge in [0.05, 0.1) is 33.9 Å². The van der Waals surface area contributed by atoms with Crippen molar-refractivity contribution < 1.29 is 28.5 Å².